The second kappa shape index (κ2) is 8.41. The van der Waals surface area contributed by atoms with Gasteiger partial charge in [-0.25, -0.2) is 9.97 Å². The Morgan fingerprint density at radius 2 is 1.86 bits per heavy atom. The maximum atomic E-state index is 12.2. The Hall–Kier alpha value is -3.24. The van der Waals surface area contributed by atoms with Gasteiger partial charge in [-0.15, -0.1) is 13.2 Å². The van der Waals surface area contributed by atoms with Crippen LogP contribution in [0.25, 0.3) is 0 Å². The molecule has 0 unspecified atom stereocenters. The zero-order valence-electron chi connectivity index (χ0n) is 15.6. The largest absolute Gasteiger partial charge is 0.573 e. The summed E-state index contributed by atoms with van der Waals surface area (Å²) in [6.45, 7) is 1.17. The van der Waals surface area contributed by atoms with E-state index >= 15 is 0 Å². The van der Waals surface area contributed by atoms with Gasteiger partial charge < -0.3 is 25.4 Å². The third-order valence-corrected chi connectivity index (χ3v) is 4.54. The molecule has 0 bridgehead atoms. The molecular formula is C18H20F3N5O3. The first-order valence-corrected chi connectivity index (χ1v) is 8.83. The van der Waals surface area contributed by atoms with Crippen LogP contribution in [0.15, 0.2) is 30.6 Å². The van der Waals surface area contributed by atoms with Crippen LogP contribution in [-0.2, 0) is 9.53 Å². The molecule has 1 aliphatic rings. The summed E-state index contributed by atoms with van der Waals surface area (Å²) in [6, 6.07) is 5.21. The number of nitrogens with two attached hydrogens (primary N) is 1. The lowest BCUT2D eigenvalue weighted by Crippen LogP contribution is -2.37. The number of hydrogen-bond acceptors (Lipinski definition) is 8. The molecule has 1 aromatic carbocycles. The maximum Gasteiger partial charge on any atom is 0.573 e. The van der Waals surface area contributed by atoms with E-state index in [2.05, 4.69) is 20.0 Å². The van der Waals surface area contributed by atoms with Crippen molar-refractivity contribution >= 4 is 29.0 Å². The lowest BCUT2D eigenvalue weighted by molar-refractivity contribution is -0.274. The van der Waals surface area contributed by atoms with E-state index in [-0.39, 0.29) is 17.6 Å². The van der Waals surface area contributed by atoms with E-state index in [1.54, 1.807) is 0 Å². The number of halogens is 3. The summed E-state index contributed by atoms with van der Waals surface area (Å²) in [5.41, 5.74) is 6.99. The molecule has 2 aromatic rings. The van der Waals surface area contributed by atoms with E-state index in [9.17, 15) is 18.0 Å². The van der Waals surface area contributed by atoms with Gasteiger partial charge in [0.05, 0.1) is 13.0 Å². The van der Waals surface area contributed by atoms with Crippen molar-refractivity contribution in [2.75, 3.05) is 36.1 Å². The highest BCUT2D eigenvalue weighted by Gasteiger charge is 2.31. The summed E-state index contributed by atoms with van der Waals surface area (Å²) in [6.07, 6.45) is -2.15. The number of hydrogen-bond donors (Lipinski definition) is 2. The van der Waals surface area contributed by atoms with Crippen LogP contribution >= 0.6 is 0 Å². The highest BCUT2D eigenvalue weighted by Crippen LogP contribution is 2.32. The number of esters is 1. The number of methoxy groups -OCH3 is 1. The molecule has 0 saturated carbocycles. The molecular weight excluding hydrogens is 391 g/mol. The fraction of sp³-hybridized carbons (Fsp3) is 0.389. The lowest BCUT2D eigenvalue weighted by atomic mass is 9.97. The van der Waals surface area contributed by atoms with Crippen LogP contribution in [0.5, 0.6) is 5.75 Å². The van der Waals surface area contributed by atoms with Crippen molar-refractivity contribution in [2.45, 2.75) is 19.2 Å². The molecule has 0 radical (unpaired) electrons. The third kappa shape index (κ3) is 5.18. The minimum absolute atomic E-state index is 0.144. The Morgan fingerprint density at radius 1 is 1.21 bits per heavy atom. The minimum Gasteiger partial charge on any atom is -0.469 e. The molecule has 156 valence electrons. The van der Waals surface area contributed by atoms with Gasteiger partial charge in [-0.2, -0.15) is 0 Å². The molecule has 8 nitrogen and oxygen atoms in total. The number of alkyl halides is 3. The van der Waals surface area contributed by atoms with Gasteiger partial charge in [-0.1, -0.05) is 0 Å². The van der Waals surface area contributed by atoms with Crippen LogP contribution in [0.1, 0.15) is 12.8 Å². The number of aromatic nitrogens is 2. The van der Waals surface area contributed by atoms with Gasteiger partial charge in [0.1, 0.15) is 17.8 Å². The number of carbonyl (C=O) groups is 1. The highest BCUT2D eigenvalue weighted by atomic mass is 19.4. The maximum absolute atomic E-state index is 12.2. The summed E-state index contributed by atoms with van der Waals surface area (Å²) in [4.78, 5) is 22.0. The smallest absolute Gasteiger partial charge is 0.469 e. The molecule has 0 atom stereocenters. The summed E-state index contributed by atoms with van der Waals surface area (Å²) < 4.78 is 45.4. The predicted molar refractivity (Wildman–Crippen MR) is 99.8 cm³/mol. The number of nitrogen functional groups attached to an aromatic ring is 1. The van der Waals surface area contributed by atoms with Crippen LogP contribution in [0.3, 0.4) is 0 Å². The molecule has 1 aliphatic heterocycles. The molecule has 1 saturated heterocycles. The molecule has 1 aromatic heterocycles. The van der Waals surface area contributed by atoms with E-state index in [1.165, 1.54) is 37.7 Å². The topological polar surface area (TPSA) is 103 Å². The number of carbonyl (C=O) groups excluding carboxylic acids is 1. The van der Waals surface area contributed by atoms with Gasteiger partial charge >= 0.3 is 12.3 Å². The van der Waals surface area contributed by atoms with Crippen molar-refractivity contribution in [1.82, 2.24) is 9.97 Å². The Balaban J connectivity index is 1.69. The molecule has 0 spiro atoms. The number of ether oxygens (including phenoxy) is 2. The fourth-order valence-corrected chi connectivity index (χ4v) is 3.11. The van der Waals surface area contributed by atoms with Gasteiger partial charge in [0.15, 0.2) is 11.6 Å². The van der Waals surface area contributed by atoms with E-state index in [0.29, 0.717) is 48.9 Å². The third-order valence-electron chi connectivity index (χ3n) is 4.54. The Labute approximate surface area is 164 Å². The number of rotatable bonds is 5. The molecule has 29 heavy (non-hydrogen) atoms. The summed E-state index contributed by atoms with van der Waals surface area (Å²) in [5.74, 6) is 0.167. The van der Waals surface area contributed by atoms with E-state index in [4.69, 9.17) is 10.5 Å². The first-order chi connectivity index (χ1) is 13.8. The standard InChI is InChI=1S/C18H20F3N5O3/c1-28-17(27)11-6-8-26(9-7-11)16-14(22)15(23-10-24-16)25-12-2-4-13(5-3-12)29-18(19,20)21/h2-5,10-11H,6-9,22H2,1H3,(H,23,24,25). The molecule has 1 fully saturated rings. The minimum atomic E-state index is -4.75. The van der Waals surface area contributed by atoms with Crippen LogP contribution in [0.2, 0.25) is 0 Å². The first-order valence-electron chi connectivity index (χ1n) is 8.83. The van der Waals surface area contributed by atoms with E-state index in [1.807, 2.05) is 4.90 Å². The van der Waals surface area contributed by atoms with Crippen LogP contribution in [0, 0.1) is 5.92 Å². The van der Waals surface area contributed by atoms with Crippen molar-refractivity contribution in [2.24, 2.45) is 5.92 Å². The van der Waals surface area contributed by atoms with Crippen molar-refractivity contribution in [3.8, 4) is 5.75 Å². The number of nitrogens with zero attached hydrogens (tertiary/aromatic N) is 3. The lowest BCUT2D eigenvalue weighted by Gasteiger charge is -2.32. The quantitative estimate of drug-likeness (QED) is 0.724. The van der Waals surface area contributed by atoms with Gasteiger partial charge in [0.25, 0.3) is 0 Å². The predicted octanol–water partition coefficient (Wildman–Crippen LogP) is 3.09. The van der Waals surface area contributed by atoms with Crippen LogP contribution in [-0.4, -0.2) is 42.5 Å². The zero-order chi connectivity index (χ0) is 21.0. The molecule has 3 N–H and O–H groups in total. The number of nitrogens with one attached hydrogen (secondary N) is 1. The molecule has 2 heterocycles. The van der Waals surface area contributed by atoms with Crippen LogP contribution in [0.4, 0.5) is 36.2 Å². The Morgan fingerprint density at radius 3 is 2.45 bits per heavy atom. The van der Waals surface area contributed by atoms with Gasteiger partial charge in [0.2, 0.25) is 0 Å². The SMILES string of the molecule is COC(=O)C1CCN(c2ncnc(Nc3ccc(OC(F)(F)F)cc3)c2N)CC1. The van der Waals surface area contributed by atoms with E-state index < -0.39 is 6.36 Å². The molecule has 0 aliphatic carbocycles. The van der Waals surface area contributed by atoms with Crippen molar-refractivity contribution < 1.29 is 27.4 Å². The second-order valence-electron chi connectivity index (χ2n) is 6.44. The highest BCUT2D eigenvalue weighted by molar-refractivity contribution is 5.79. The fourth-order valence-electron chi connectivity index (χ4n) is 3.11. The van der Waals surface area contributed by atoms with Gasteiger partial charge in [-0.3, -0.25) is 4.79 Å². The van der Waals surface area contributed by atoms with E-state index in [0.717, 1.165) is 0 Å². The van der Waals surface area contributed by atoms with Crippen molar-refractivity contribution in [3.63, 3.8) is 0 Å². The number of piperidine rings is 1. The Kier molecular flexibility index (Phi) is 5.95. The monoisotopic (exact) mass is 411 g/mol. The summed E-state index contributed by atoms with van der Waals surface area (Å²) in [5, 5.41) is 2.96. The van der Waals surface area contributed by atoms with Crippen LogP contribution < -0.4 is 20.7 Å². The second-order valence-corrected chi connectivity index (χ2v) is 6.44. The number of anilines is 4. The average molecular weight is 411 g/mol. The Bertz CT molecular complexity index is 853. The molecule has 11 heteroatoms. The zero-order valence-corrected chi connectivity index (χ0v) is 15.6. The van der Waals surface area contributed by atoms with Crippen molar-refractivity contribution in [3.05, 3.63) is 30.6 Å². The van der Waals surface area contributed by atoms with Gasteiger partial charge in [0, 0.05) is 18.8 Å². The molecule has 0 amide bonds. The van der Waals surface area contributed by atoms with Crippen molar-refractivity contribution in [1.29, 1.82) is 0 Å². The van der Waals surface area contributed by atoms with Gasteiger partial charge in [-0.05, 0) is 37.1 Å². The summed E-state index contributed by atoms with van der Waals surface area (Å²) >= 11 is 0. The number of benzene rings is 1. The average Bonchev–Trinajstić information content (AvgIpc) is 2.69. The normalized spacial score (nSPS) is 15.1. The molecule has 3 rings (SSSR count). The first kappa shape index (κ1) is 20.5. The summed E-state index contributed by atoms with van der Waals surface area (Å²) in [7, 11) is 1.37.